The predicted octanol–water partition coefficient (Wildman–Crippen LogP) is 2.71. The minimum atomic E-state index is -1.33. The van der Waals surface area contributed by atoms with E-state index in [1.54, 1.807) is 13.8 Å². The number of aromatic nitrogens is 3. The zero-order valence-corrected chi connectivity index (χ0v) is 22.2. The van der Waals surface area contributed by atoms with Crippen LogP contribution in [0.15, 0.2) is 18.6 Å². The number of alkyl carbamates (subject to hydrolysis) is 1. The quantitative estimate of drug-likeness (QED) is 0.415. The maximum atomic E-state index is 12.0. The van der Waals surface area contributed by atoms with Crippen molar-refractivity contribution in [3.8, 4) is 0 Å². The van der Waals surface area contributed by atoms with Gasteiger partial charge in [0.2, 0.25) is 0 Å². The Morgan fingerprint density at radius 1 is 1.28 bits per heavy atom. The maximum absolute atomic E-state index is 12.0. The molecule has 0 spiro atoms. The Hall–Kier alpha value is -2.02. The number of halogens is 1. The van der Waals surface area contributed by atoms with E-state index in [0.29, 0.717) is 43.5 Å². The van der Waals surface area contributed by atoms with Gasteiger partial charge in [-0.1, -0.05) is 11.6 Å². The molecule has 4 rings (SSSR count). The molecule has 2 aromatic heterocycles. The second-order valence-corrected chi connectivity index (χ2v) is 11.1. The van der Waals surface area contributed by atoms with Gasteiger partial charge in [0.05, 0.1) is 24.2 Å². The molecule has 12 heteroatoms. The maximum Gasteiger partial charge on any atom is 0.407 e. The highest BCUT2D eigenvalue weighted by Gasteiger charge is 2.41. The van der Waals surface area contributed by atoms with Crippen molar-refractivity contribution >= 4 is 28.7 Å². The summed E-state index contributed by atoms with van der Waals surface area (Å²) in [6.45, 7) is 11.7. The molecule has 2 saturated heterocycles. The second-order valence-electron chi connectivity index (χ2n) is 10.7. The average molecular weight is 526 g/mol. The number of rotatable bonds is 7. The Morgan fingerprint density at radius 3 is 2.78 bits per heavy atom. The van der Waals surface area contributed by atoms with Gasteiger partial charge in [0.25, 0.3) is 0 Å². The number of carbonyl (C=O) groups is 1. The van der Waals surface area contributed by atoms with Gasteiger partial charge in [-0.25, -0.2) is 14.8 Å². The van der Waals surface area contributed by atoms with E-state index in [2.05, 4.69) is 20.2 Å². The summed E-state index contributed by atoms with van der Waals surface area (Å²) in [6, 6.07) is 1.85. The Bertz CT molecular complexity index is 1050. The molecule has 0 saturated carbocycles. The van der Waals surface area contributed by atoms with E-state index in [9.17, 15) is 9.90 Å². The molecule has 11 nitrogen and oxygen atoms in total. The van der Waals surface area contributed by atoms with Crippen molar-refractivity contribution < 1.29 is 28.8 Å². The summed E-state index contributed by atoms with van der Waals surface area (Å²) >= 11 is 6.24. The number of morpholine rings is 1. The molecule has 4 atom stereocenters. The monoisotopic (exact) mass is 525 g/mol. The van der Waals surface area contributed by atoms with Gasteiger partial charge in [-0.3, -0.25) is 4.90 Å². The number of ether oxygens (including phenoxy) is 4. The van der Waals surface area contributed by atoms with E-state index in [1.807, 2.05) is 37.6 Å². The standard InChI is InChI=1S/C24H36ClN5O6/c1-23(2,3)36-22(31)26-11-16-13-29(8-9-33-16)12-15-10-18(35-24(4,5)32)21(34-15)30-7-6-17-19(25)27-14-28-20(17)30/h6-7,14-16,18,21,32H,8-13H2,1-5H3,(H,26,31). The normalized spacial score (nSPS) is 25.9. The van der Waals surface area contributed by atoms with Gasteiger partial charge >= 0.3 is 6.09 Å². The summed E-state index contributed by atoms with van der Waals surface area (Å²) in [7, 11) is 0. The molecule has 2 aliphatic heterocycles. The first-order chi connectivity index (χ1) is 16.9. The number of nitrogens with zero attached hydrogens (tertiary/aromatic N) is 4. The van der Waals surface area contributed by atoms with Gasteiger partial charge < -0.3 is 33.9 Å². The zero-order valence-electron chi connectivity index (χ0n) is 21.4. The molecule has 2 aromatic rings. The van der Waals surface area contributed by atoms with Crippen molar-refractivity contribution in [1.29, 1.82) is 0 Å². The van der Waals surface area contributed by atoms with Crippen LogP contribution < -0.4 is 5.32 Å². The summed E-state index contributed by atoms with van der Waals surface area (Å²) in [6.07, 6.45) is 2.21. The van der Waals surface area contributed by atoms with Crippen molar-refractivity contribution in [1.82, 2.24) is 24.8 Å². The molecular formula is C24H36ClN5O6. The van der Waals surface area contributed by atoms with Crippen molar-refractivity contribution in [2.75, 3.05) is 32.8 Å². The van der Waals surface area contributed by atoms with Gasteiger partial charge in [0.1, 0.15) is 28.8 Å². The van der Waals surface area contributed by atoms with Gasteiger partial charge in [0, 0.05) is 38.8 Å². The highest BCUT2D eigenvalue weighted by molar-refractivity contribution is 6.33. The summed E-state index contributed by atoms with van der Waals surface area (Å²) in [5.74, 6) is -1.33. The van der Waals surface area contributed by atoms with Crippen LogP contribution in [0.1, 0.15) is 47.3 Å². The van der Waals surface area contributed by atoms with Crippen LogP contribution in [0.25, 0.3) is 11.0 Å². The minimum absolute atomic E-state index is 0.144. The Morgan fingerprint density at radius 2 is 2.06 bits per heavy atom. The number of hydrogen-bond acceptors (Lipinski definition) is 9. The topological polar surface area (TPSA) is 120 Å². The van der Waals surface area contributed by atoms with Crippen LogP contribution in [0.4, 0.5) is 4.79 Å². The molecule has 36 heavy (non-hydrogen) atoms. The van der Waals surface area contributed by atoms with E-state index in [0.717, 1.165) is 11.9 Å². The number of nitrogens with one attached hydrogen (secondary N) is 1. The molecule has 4 heterocycles. The SMILES string of the molecule is CC(C)(C)OC(=O)NCC1CN(CC2CC(OC(C)(C)O)C(n3ccc4c(Cl)ncnc43)O2)CCO1. The van der Waals surface area contributed by atoms with Crippen molar-refractivity contribution in [2.24, 2.45) is 0 Å². The molecule has 2 aliphatic rings. The lowest BCUT2D eigenvalue weighted by Gasteiger charge is -2.34. The zero-order chi connectivity index (χ0) is 26.1. The third-order valence-electron chi connectivity index (χ3n) is 5.88. The van der Waals surface area contributed by atoms with Gasteiger partial charge in [-0.2, -0.15) is 0 Å². The average Bonchev–Trinajstić information content (AvgIpc) is 3.34. The van der Waals surface area contributed by atoms with E-state index in [4.69, 9.17) is 30.5 Å². The third-order valence-corrected chi connectivity index (χ3v) is 6.18. The van der Waals surface area contributed by atoms with E-state index >= 15 is 0 Å². The molecule has 4 unspecified atom stereocenters. The van der Waals surface area contributed by atoms with E-state index in [-0.39, 0.29) is 12.2 Å². The first kappa shape index (κ1) is 27.0. The van der Waals surface area contributed by atoms with Crippen LogP contribution in [0, 0.1) is 0 Å². The first-order valence-electron chi connectivity index (χ1n) is 12.2. The Balaban J connectivity index is 1.40. The minimum Gasteiger partial charge on any atom is -0.444 e. The highest BCUT2D eigenvalue weighted by Crippen LogP contribution is 2.36. The number of aliphatic hydroxyl groups is 1. The fraction of sp³-hybridized carbons (Fsp3) is 0.708. The van der Waals surface area contributed by atoms with Gasteiger partial charge in [-0.15, -0.1) is 0 Å². The molecular weight excluding hydrogens is 490 g/mol. The molecule has 2 fully saturated rings. The lowest BCUT2D eigenvalue weighted by molar-refractivity contribution is -0.222. The van der Waals surface area contributed by atoms with Crippen molar-refractivity contribution in [3.63, 3.8) is 0 Å². The molecule has 2 N–H and O–H groups in total. The number of amides is 1. The number of fused-ring (bicyclic) bond motifs is 1. The van der Waals surface area contributed by atoms with Crippen LogP contribution in [0.2, 0.25) is 5.15 Å². The van der Waals surface area contributed by atoms with Crippen molar-refractivity contribution in [2.45, 2.75) is 77.0 Å². The predicted molar refractivity (Wildman–Crippen MR) is 133 cm³/mol. The number of carbonyl (C=O) groups excluding carboxylic acids is 1. The largest absolute Gasteiger partial charge is 0.444 e. The smallest absolute Gasteiger partial charge is 0.407 e. The van der Waals surface area contributed by atoms with Crippen LogP contribution in [0.5, 0.6) is 0 Å². The molecule has 0 aromatic carbocycles. The summed E-state index contributed by atoms with van der Waals surface area (Å²) < 4.78 is 25.5. The van der Waals surface area contributed by atoms with Crippen molar-refractivity contribution in [3.05, 3.63) is 23.7 Å². The van der Waals surface area contributed by atoms with Gasteiger partial charge in [0.15, 0.2) is 12.0 Å². The molecule has 200 valence electrons. The summed E-state index contributed by atoms with van der Waals surface area (Å²) in [5.41, 5.74) is 0.0917. The summed E-state index contributed by atoms with van der Waals surface area (Å²) in [4.78, 5) is 22.7. The fourth-order valence-corrected chi connectivity index (χ4v) is 4.76. The highest BCUT2D eigenvalue weighted by atomic mass is 35.5. The lowest BCUT2D eigenvalue weighted by Crippen LogP contribution is -2.49. The third kappa shape index (κ3) is 7.05. The van der Waals surface area contributed by atoms with Crippen LogP contribution in [0.3, 0.4) is 0 Å². The lowest BCUT2D eigenvalue weighted by atomic mass is 10.1. The molecule has 0 radical (unpaired) electrons. The van der Waals surface area contributed by atoms with Crippen LogP contribution in [-0.4, -0.2) is 93.1 Å². The van der Waals surface area contributed by atoms with E-state index < -0.39 is 29.8 Å². The second kappa shape index (κ2) is 10.8. The number of hydrogen-bond donors (Lipinski definition) is 2. The molecule has 0 bridgehead atoms. The van der Waals surface area contributed by atoms with E-state index in [1.165, 1.54) is 6.33 Å². The Kier molecular flexibility index (Phi) is 8.08. The molecule has 1 amide bonds. The van der Waals surface area contributed by atoms with Crippen LogP contribution in [-0.2, 0) is 18.9 Å². The van der Waals surface area contributed by atoms with Gasteiger partial charge in [-0.05, 0) is 40.7 Å². The molecule has 0 aliphatic carbocycles. The first-order valence-corrected chi connectivity index (χ1v) is 12.6. The summed E-state index contributed by atoms with van der Waals surface area (Å²) in [5, 5.41) is 14.2. The Labute approximate surface area is 216 Å². The van der Waals surface area contributed by atoms with Crippen LogP contribution >= 0.6 is 11.6 Å². The fourth-order valence-electron chi connectivity index (χ4n) is 4.57.